The Morgan fingerprint density at radius 2 is 1.66 bits per heavy atom. The zero-order chi connectivity index (χ0) is 21.4. The molecule has 0 aliphatic heterocycles. The van der Waals surface area contributed by atoms with E-state index in [9.17, 15) is 22.8 Å². The van der Waals surface area contributed by atoms with Gasteiger partial charge in [-0.2, -0.15) is 0 Å². The molecule has 0 bridgehead atoms. The lowest BCUT2D eigenvalue weighted by molar-refractivity contribution is 0.0593. The molecule has 0 saturated heterocycles. The normalized spacial score (nSPS) is 10.8. The van der Waals surface area contributed by atoms with Gasteiger partial charge in [0.05, 0.1) is 17.6 Å². The molecule has 1 aromatic heterocycles. The molecule has 2 N–H and O–H groups in total. The van der Waals surface area contributed by atoms with Crippen LogP contribution in [0.1, 0.15) is 51.0 Å². The molecule has 0 aliphatic rings. The lowest BCUT2D eigenvalue weighted by Gasteiger charge is -2.08. The minimum Gasteiger partial charge on any atom is -0.464 e. The molecule has 10 heteroatoms. The van der Waals surface area contributed by atoms with E-state index in [2.05, 4.69) is 15.0 Å². The number of rotatable bonds is 8. The van der Waals surface area contributed by atoms with Gasteiger partial charge >= 0.3 is 5.97 Å². The van der Waals surface area contributed by atoms with Crippen molar-refractivity contribution in [3.63, 3.8) is 0 Å². The van der Waals surface area contributed by atoms with E-state index in [1.165, 1.54) is 43.5 Å². The van der Waals surface area contributed by atoms with Crippen LogP contribution in [-0.4, -0.2) is 44.8 Å². The minimum atomic E-state index is -4.15. The van der Waals surface area contributed by atoms with Crippen molar-refractivity contribution in [1.29, 1.82) is 0 Å². The molecule has 1 heterocycles. The number of methoxy groups -OCH3 is 1. The standard InChI is InChI=1S/C19H21N3O6S/c1-3-4-11-20-17(23)13-5-8-15(9-6-13)29(26,27)22-18(24)14-7-10-16(21-12-14)19(25)28-2/h5-10,12H,3-4,11H2,1-2H3,(H,20,23)(H,22,24). The van der Waals surface area contributed by atoms with Crippen LogP contribution in [-0.2, 0) is 14.8 Å². The van der Waals surface area contributed by atoms with Crippen molar-refractivity contribution in [2.24, 2.45) is 0 Å². The fourth-order valence-electron chi connectivity index (χ4n) is 2.26. The van der Waals surface area contributed by atoms with Gasteiger partial charge in [0, 0.05) is 18.3 Å². The average molecular weight is 419 g/mol. The molecule has 0 saturated carbocycles. The maximum atomic E-state index is 12.4. The van der Waals surface area contributed by atoms with Gasteiger partial charge in [-0.1, -0.05) is 13.3 Å². The quantitative estimate of drug-likeness (QED) is 0.490. The molecule has 2 aromatic rings. The highest BCUT2D eigenvalue weighted by atomic mass is 32.2. The third-order valence-corrected chi connectivity index (χ3v) is 5.24. The van der Waals surface area contributed by atoms with Crippen molar-refractivity contribution in [2.45, 2.75) is 24.7 Å². The van der Waals surface area contributed by atoms with Crippen LogP contribution in [0.4, 0.5) is 0 Å². The Labute approximate surface area is 168 Å². The predicted octanol–water partition coefficient (Wildman–Crippen LogP) is 1.52. The van der Waals surface area contributed by atoms with Crippen molar-refractivity contribution in [3.8, 4) is 0 Å². The number of sulfonamides is 1. The molecule has 1 aromatic carbocycles. The summed E-state index contributed by atoms with van der Waals surface area (Å²) in [6.07, 6.45) is 2.86. The van der Waals surface area contributed by atoms with E-state index in [0.29, 0.717) is 12.1 Å². The van der Waals surface area contributed by atoms with Crippen LogP contribution in [0.5, 0.6) is 0 Å². The van der Waals surface area contributed by atoms with Crippen molar-refractivity contribution in [3.05, 3.63) is 59.4 Å². The number of esters is 1. The van der Waals surface area contributed by atoms with Crippen LogP contribution in [0.15, 0.2) is 47.5 Å². The Morgan fingerprint density at radius 3 is 2.21 bits per heavy atom. The number of carbonyl (C=O) groups excluding carboxylic acids is 3. The first-order chi connectivity index (χ1) is 13.8. The Kier molecular flexibility index (Phi) is 7.43. The van der Waals surface area contributed by atoms with Gasteiger partial charge in [-0.05, 0) is 42.8 Å². The van der Waals surface area contributed by atoms with E-state index in [-0.39, 0.29) is 22.1 Å². The first-order valence-corrected chi connectivity index (χ1v) is 10.3. The smallest absolute Gasteiger partial charge is 0.356 e. The SMILES string of the molecule is CCCCNC(=O)c1ccc(S(=O)(=O)NC(=O)c2ccc(C(=O)OC)nc2)cc1. The largest absolute Gasteiger partial charge is 0.464 e. The van der Waals surface area contributed by atoms with Gasteiger partial charge in [0.15, 0.2) is 0 Å². The fraction of sp³-hybridized carbons (Fsp3) is 0.263. The number of nitrogens with one attached hydrogen (secondary N) is 2. The molecule has 0 atom stereocenters. The highest BCUT2D eigenvalue weighted by Gasteiger charge is 2.20. The predicted molar refractivity (Wildman–Crippen MR) is 104 cm³/mol. The molecule has 29 heavy (non-hydrogen) atoms. The molecule has 2 rings (SSSR count). The van der Waals surface area contributed by atoms with Crippen LogP contribution in [0.3, 0.4) is 0 Å². The lowest BCUT2D eigenvalue weighted by Crippen LogP contribution is -2.31. The van der Waals surface area contributed by atoms with E-state index in [0.717, 1.165) is 19.0 Å². The highest BCUT2D eigenvalue weighted by Crippen LogP contribution is 2.12. The van der Waals surface area contributed by atoms with Crippen LogP contribution in [0.2, 0.25) is 0 Å². The average Bonchev–Trinajstić information content (AvgIpc) is 2.73. The zero-order valence-corrected chi connectivity index (χ0v) is 16.8. The molecule has 0 fully saturated rings. The topological polar surface area (TPSA) is 132 Å². The Bertz CT molecular complexity index is 986. The number of nitrogens with zero attached hydrogens (tertiary/aromatic N) is 1. The van der Waals surface area contributed by atoms with Gasteiger partial charge in [0.1, 0.15) is 5.69 Å². The summed E-state index contributed by atoms with van der Waals surface area (Å²) in [5.41, 5.74) is 0.252. The van der Waals surface area contributed by atoms with Gasteiger partial charge in [-0.3, -0.25) is 9.59 Å². The van der Waals surface area contributed by atoms with Crippen molar-refractivity contribution >= 4 is 27.8 Å². The molecular weight excluding hydrogens is 398 g/mol. The molecule has 154 valence electrons. The number of ether oxygens (including phenoxy) is 1. The van der Waals surface area contributed by atoms with Gasteiger partial charge in [-0.15, -0.1) is 0 Å². The maximum Gasteiger partial charge on any atom is 0.356 e. The number of unbranched alkanes of at least 4 members (excludes halogenated alkanes) is 1. The monoisotopic (exact) mass is 419 g/mol. The van der Waals surface area contributed by atoms with Crippen LogP contribution in [0.25, 0.3) is 0 Å². The first kappa shape index (κ1) is 22.0. The Balaban J connectivity index is 2.07. The number of benzene rings is 1. The third-order valence-electron chi connectivity index (χ3n) is 3.89. The Morgan fingerprint density at radius 1 is 1.00 bits per heavy atom. The molecule has 0 radical (unpaired) electrons. The summed E-state index contributed by atoms with van der Waals surface area (Å²) >= 11 is 0. The molecule has 2 amide bonds. The second-order valence-electron chi connectivity index (χ2n) is 5.99. The summed E-state index contributed by atoms with van der Waals surface area (Å²) in [5.74, 6) is -1.89. The van der Waals surface area contributed by atoms with Gasteiger partial charge in [0.2, 0.25) is 0 Å². The van der Waals surface area contributed by atoms with Gasteiger partial charge < -0.3 is 10.1 Å². The summed E-state index contributed by atoms with van der Waals surface area (Å²) in [4.78, 5) is 39.1. The highest BCUT2D eigenvalue weighted by molar-refractivity contribution is 7.90. The van der Waals surface area contributed by atoms with Crippen molar-refractivity contribution < 1.29 is 27.5 Å². The number of hydrogen-bond acceptors (Lipinski definition) is 7. The van der Waals surface area contributed by atoms with E-state index >= 15 is 0 Å². The van der Waals surface area contributed by atoms with Crippen molar-refractivity contribution in [1.82, 2.24) is 15.0 Å². The molecule has 0 unspecified atom stereocenters. The third kappa shape index (κ3) is 5.85. The summed E-state index contributed by atoms with van der Waals surface area (Å²) in [6, 6.07) is 7.72. The molecule has 9 nitrogen and oxygen atoms in total. The number of hydrogen-bond donors (Lipinski definition) is 2. The number of pyridine rings is 1. The second-order valence-corrected chi connectivity index (χ2v) is 7.67. The number of carbonyl (C=O) groups is 3. The van der Waals surface area contributed by atoms with Crippen molar-refractivity contribution in [2.75, 3.05) is 13.7 Å². The maximum absolute atomic E-state index is 12.4. The van der Waals surface area contributed by atoms with Gasteiger partial charge in [-0.25, -0.2) is 22.9 Å². The molecule has 0 spiro atoms. The van der Waals surface area contributed by atoms with Crippen LogP contribution in [0, 0.1) is 0 Å². The zero-order valence-electron chi connectivity index (χ0n) is 16.0. The summed E-state index contributed by atoms with van der Waals surface area (Å²) in [5, 5.41) is 2.73. The molecular formula is C19H21N3O6S. The summed E-state index contributed by atoms with van der Waals surface area (Å²) in [7, 11) is -2.96. The fourth-order valence-corrected chi connectivity index (χ4v) is 3.23. The summed E-state index contributed by atoms with van der Waals surface area (Å²) < 4.78 is 31.2. The van der Waals surface area contributed by atoms with Crippen LogP contribution < -0.4 is 10.0 Å². The van der Waals surface area contributed by atoms with Gasteiger partial charge in [0.25, 0.3) is 21.8 Å². The number of aromatic nitrogens is 1. The van der Waals surface area contributed by atoms with E-state index in [4.69, 9.17) is 0 Å². The first-order valence-electron chi connectivity index (χ1n) is 8.78. The summed E-state index contributed by atoms with van der Waals surface area (Å²) in [6.45, 7) is 2.54. The van der Waals surface area contributed by atoms with E-state index in [1.54, 1.807) is 0 Å². The van der Waals surface area contributed by atoms with E-state index < -0.39 is 21.9 Å². The molecule has 0 aliphatic carbocycles. The number of amides is 2. The Hall–Kier alpha value is -3.27. The lowest BCUT2D eigenvalue weighted by atomic mass is 10.2. The second kappa shape index (κ2) is 9.78. The van der Waals surface area contributed by atoms with Crippen LogP contribution >= 0.6 is 0 Å². The minimum absolute atomic E-state index is 0.0142. The van der Waals surface area contributed by atoms with E-state index in [1.807, 2.05) is 11.6 Å².